The van der Waals surface area contributed by atoms with Crippen molar-refractivity contribution in [1.82, 2.24) is 0 Å². The summed E-state index contributed by atoms with van der Waals surface area (Å²) in [5.41, 5.74) is 0. The first-order chi connectivity index (χ1) is 4.76. The average molecular weight is 142 g/mol. The SMILES string of the molecule is CCCC(CC)C(=O)CC. The first-order valence-corrected chi connectivity index (χ1v) is 4.28. The van der Waals surface area contributed by atoms with Crippen LogP contribution in [0.3, 0.4) is 0 Å². The molecule has 10 heavy (non-hydrogen) atoms. The van der Waals surface area contributed by atoms with Crippen LogP contribution >= 0.6 is 0 Å². The molecule has 0 aliphatic rings. The van der Waals surface area contributed by atoms with Crippen LogP contribution in [0.25, 0.3) is 0 Å². The molecule has 0 heterocycles. The van der Waals surface area contributed by atoms with E-state index in [1.165, 1.54) is 0 Å². The lowest BCUT2D eigenvalue weighted by Gasteiger charge is -2.09. The van der Waals surface area contributed by atoms with Gasteiger partial charge in [-0.2, -0.15) is 0 Å². The quantitative estimate of drug-likeness (QED) is 0.577. The number of rotatable bonds is 5. The molecule has 0 aromatic heterocycles. The molecule has 0 aromatic rings. The molecule has 60 valence electrons. The lowest BCUT2D eigenvalue weighted by Crippen LogP contribution is -2.11. The van der Waals surface area contributed by atoms with E-state index >= 15 is 0 Å². The summed E-state index contributed by atoms with van der Waals surface area (Å²) in [5, 5.41) is 0. The van der Waals surface area contributed by atoms with Crippen molar-refractivity contribution in [2.24, 2.45) is 5.92 Å². The molecule has 0 radical (unpaired) electrons. The highest BCUT2D eigenvalue weighted by atomic mass is 16.1. The van der Waals surface area contributed by atoms with Gasteiger partial charge in [0.15, 0.2) is 0 Å². The Kier molecular flexibility index (Phi) is 5.27. The Bertz CT molecular complexity index is 96.9. The third kappa shape index (κ3) is 3.00. The fourth-order valence-electron chi connectivity index (χ4n) is 1.23. The Hall–Kier alpha value is -0.330. The highest BCUT2D eigenvalue weighted by molar-refractivity contribution is 5.80. The number of carbonyl (C=O) groups is 1. The van der Waals surface area contributed by atoms with Gasteiger partial charge in [0.25, 0.3) is 0 Å². The molecule has 1 nitrogen and oxygen atoms in total. The molecular formula is C9H18O. The largest absolute Gasteiger partial charge is 0.299 e. The summed E-state index contributed by atoms with van der Waals surface area (Å²) >= 11 is 0. The molecule has 0 saturated heterocycles. The maximum Gasteiger partial charge on any atom is 0.135 e. The molecule has 0 spiro atoms. The molecule has 0 aliphatic carbocycles. The Morgan fingerprint density at radius 1 is 1.30 bits per heavy atom. The van der Waals surface area contributed by atoms with Crippen LogP contribution in [0.5, 0.6) is 0 Å². The molecule has 1 atom stereocenters. The van der Waals surface area contributed by atoms with Crippen LogP contribution in [0.2, 0.25) is 0 Å². The molecule has 1 unspecified atom stereocenters. The van der Waals surface area contributed by atoms with Crippen molar-refractivity contribution in [2.45, 2.75) is 46.5 Å². The van der Waals surface area contributed by atoms with Crippen LogP contribution < -0.4 is 0 Å². The minimum atomic E-state index is 0.343. The highest BCUT2D eigenvalue weighted by Crippen LogP contribution is 2.12. The van der Waals surface area contributed by atoms with Gasteiger partial charge in [-0.15, -0.1) is 0 Å². The molecule has 0 saturated carbocycles. The van der Waals surface area contributed by atoms with Gasteiger partial charge in [-0.25, -0.2) is 0 Å². The summed E-state index contributed by atoms with van der Waals surface area (Å²) < 4.78 is 0. The third-order valence-electron chi connectivity index (χ3n) is 1.93. The molecule has 0 fully saturated rings. The second kappa shape index (κ2) is 5.45. The monoisotopic (exact) mass is 142 g/mol. The van der Waals surface area contributed by atoms with Crippen LogP contribution in [0.15, 0.2) is 0 Å². The predicted octanol–water partition coefficient (Wildman–Crippen LogP) is 2.79. The summed E-state index contributed by atoms with van der Waals surface area (Å²) in [6, 6.07) is 0. The van der Waals surface area contributed by atoms with Crippen LogP contribution in [0.4, 0.5) is 0 Å². The topological polar surface area (TPSA) is 17.1 Å². The number of hydrogen-bond donors (Lipinski definition) is 0. The van der Waals surface area contributed by atoms with Gasteiger partial charge in [0.1, 0.15) is 5.78 Å². The van der Waals surface area contributed by atoms with E-state index in [2.05, 4.69) is 13.8 Å². The summed E-state index contributed by atoms with van der Waals surface area (Å²) in [7, 11) is 0. The van der Waals surface area contributed by atoms with Gasteiger partial charge < -0.3 is 0 Å². The van der Waals surface area contributed by atoms with E-state index in [0.29, 0.717) is 18.1 Å². The highest BCUT2D eigenvalue weighted by Gasteiger charge is 2.11. The van der Waals surface area contributed by atoms with E-state index in [4.69, 9.17) is 0 Å². The Morgan fingerprint density at radius 3 is 2.20 bits per heavy atom. The first kappa shape index (κ1) is 9.67. The van der Waals surface area contributed by atoms with Crippen molar-refractivity contribution in [1.29, 1.82) is 0 Å². The fraction of sp³-hybridized carbons (Fsp3) is 0.889. The lowest BCUT2D eigenvalue weighted by molar-refractivity contribution is -0.122. The number of Topliss-reactive ketones (excluding diaryl/α,β-unsaturated/α-hetero) is 1. The second-order valence-corrected chi connectivity index (χ2v) is 2.71. The van der Waals surface area contributed by atoms with Gasteiger partial charge in [-0.1, -0.05) is 27.2 Å². The van der Waals surface area contributed by atoms with Gasteiger partial charge in [0, 0.05) is 12.3 Å². The zero-order chi connectivity index (χ0) is 7.98. The molecule has 1 heteroatoms. The van der Waals surface area contributed by atoms with Crippen LogP contribution in [-0.2, 0) is 4.79 Å². The summed E-state index contributed by atoms with van der Waals surface area (Å²) in [5.74, 6) is 0.777. The van der Waals surface area contributed by atoms with Gasteiger partial charge >= 0.3 is 0 Å². The number of ketones is 1. The molecule has 0 rings (SSSR count). The van der Waals surface area contributed by atoms with E-state index in [1.807, 2.05) is 6.92 Å². The first-order valence-electron chi connectivity index (χ1n) is 4.28. The fourth-order valence-corrected chi connectivity index (χ4v) is 1.23. The minimum absolute atomic E-state index is 0.343. The van der Waals surface area contributed by atoms with E-state index in [0.717, 1.165) is 19.3 Å². The van der Waals surface area contributed by atoms with Crippen molar-refractivity contribution in [3.8, 4) is 0 Å². The van der Waals surface area contributed by atoms with Crippen molar-refractivity contribution >= 4 is 5.78 Å². The number of hydrogen-bond acceptors (Lipinski definition) is 1. The Balaban J connectivity index is 3.68. The smallest absolute Gasteiger partial charge is 0.135 e. The summed E-state index contributed by atoms with van der Waals surface area (Å²) in [6.45, 7) is 6.17. The van der Waals surface area contributed by atoms with Gasteiger partial charge in [0.05, 0.1) is 0 Å². The molecule has 0 aromatic carbocycles. The normalized spacial score (nSPS) is 13.1. The third-order valence-corrected chi connectivity index (χ3v) is 1.93. The molecule has 0 amide bonds. The van der Waals surface area contributed by atoms with Gasteiger partial charge in [-0.05, 0) is 12.8 Å². The van der Waals surface area contributed by atoms with Crippen LogP contribution in [-0.4, -0.2) is 5.78 Å². The van der Waals surface area contributed by atoms with Gasteiger partial charge in [0.2, 0.25) is 0 Å². The summed E-state index contributed by atoms with van der Waals surface area (Å²) in [4.78, 5) is 11.1. The van der Waals surface area contributed by atoms with E-state index < -0.39 is 0 Å². The maximum absolute atomic E-state index is 11.1. The lowest BCUT2D eigenvalue weighted by atomic mass is 9.94. The van der Waals surface area contributed by atoms with Crippen LogP contribution in [0.1, 0.15) is 46.5 Å². The van der Waals surface area contributed by atoms with E-state index in [9.17, 15) is 4.79 Å². The van der Waals surface area contributed by atoms with Crippen molar-refractivity contribution in [2.75, 3.05) is 0 Å². The zero-order valence-corrected chi connectivity index (χ0v) is 7.31. The van der Waals surface area contributed by atoms with Crippen molar-refractivity contribution in [3.63, 3.8) is 0 Å². The van der Waals surface area contributed by atoms with Crippen molar-refractivity contribution < 1.29 is 4.79 Å². The maximum atomic E-state index is 11.1. The average Bonchev–Trinajstić information content (AvgIpc) is 1.99. The van der Waals surface area contributed by atoms with Crippen molar-refractivity contribution in [3.05, 3.63) is 0 Å². The zero-order valence-electron chi connectivity index (χ0n) is 7.31. The molecule has 0 aliphatic heterocycles. The molecular weight excluding hydrogens is 124 g/mol. The minimum Gasteiger partial charge on any atom is -0.299 e. The predicted molar refractivity (Wildman–Crippen MR) is 44.0 cm³/mol. The van der Waals surface area contributed by atoms with E-state index in [-0.39, 0.29) is 0 Å². The summed E-state index contributed by atoms with van der Waals surface area (Å²) in [6.07, 6.45) is 3.92. The standard InChI is InChI=1S/C9H18O/c1-4-7-8(5-2)9(10)6-3/h8H,4-7H2,1-3H3. The van der Waals surface area contributed by atoms with E-state index in [1.54, 1.807) is 0 Å². The second-order valence-electron chi connectivity index (χ2n) is 2.71. The molecule has 0 bridgehead atoms. The number of carbonyl (C=O) groups excluding carboxylic acids is 1. The Morgan fingerprint density at radius 2 is 1.90 bits per heavy atom. The van der Waals surface area contributed by atoms with Gasteiger partial charge in [-0.3, -0.25) is 4.79 Å². The molecule has 0 N–H and O–H groups in total. The van der Waals surface area contributed by atoms with Crippen LogP contribution in [0, 0.1) is 5.92 Å². The Labute approximate surface area is 63.8 Å².